The van der Waals surface area contributed by atoms with Crippen LogP contribution in [0.4, 0.5) is 0 Å². The Kier molecular flexibility index (Phi) is 2.99. The molecule has 0 fully saturated rings. The predicted molar refractivity (Wildman–Crippen MR) is 56.7 cm³/mol. The summed E-state index contributed by atoms with van der Waals surface area (Å²) in [5, 5.41) is 0. The summed E-state index contributed by atoms with van der Waals surface area (Å²) < 4.78 is 15.4. The molecule has 1 aliphatic heterocycles. The Labute approximate surface area is 93.8 Å². The minimum absolute atomic E-state index is 0.0715. The molecule has 4 heteroatoms. The zero-order valence-electron chi connectivity index (χ0n) is 9.36. The van der Waals surface area contributed by atoms with Crippen LogP contribution in [-0.2, 0) is 14.3 Å². The third-order valence-corrected chi connectivity index (χ3v) is 2.64. The second-order valence-electron chi connectivity index (χ2n) is 3.61. The van der Waals surface area contributed by atoms with Gasteiger partial charge in [-0.2, -0.15) is 0 Å². The van der Waals surface area contributed by atoms with Gasteiger partial charge in [-0.1, -0.05) is 0 Å². The Hall–Kier alpha value is -1.71. The second kappa shape index (κ2) is 4.43. The molecular weight excluding hydrogens is 208 g/mol. The summed E-state index contributed by atoms with van der Waals surface area (Å²) in [5.41, 5.74) is 1.54. The summed E-state index contributed by atoms with van der Waals surface area (Å²) in [5.74, 6) is 0.270. The van der Waals surface area contributed by atoms with E-state index in [-0.39, 0.29) is 11.9 Å². The monoisotopic (exact) mass is 222 g/mol. The number of allylic oxidation sites excluding steroid dienone is 1. The Morgan fingerprint density at radius 3 is 3.06 bits per heavy atom. The first-order chi connectivity index (χ1) is 7.74. The Morgan fingerprint density at radius 2 is 2.44 bits per heavy atom. The van der Waals surface area contributed by atoms with Gasteiger partial charge < -0.3 is 13.9 Å². The molecule has 0 saturated heterocycles. The number of hydrogen-bond acceptors (Lipinski definition) is 4. The summed E-state index contributed by atoms with van der Waals surface area (Å²) in [6.45, 7) is 4.41. The minimum Gasteiger partial charge on any atom is -0.497 e. The van der Waals surface area contributed by atoms with Crippen LogP contribution in [0.3, 0.4) is 0 Å². The van der Waals surface area contributed by atoms with Gasteiger partial charge in [0.15, 0.2) is 0 Å². The smallest absolute Gasteiger partial charge is 0.338 e. The first kappa shape index (κ1) is 10.8. The summed E-state index contributed by atoms with van der Waals surface area (Å²) in [7, 11) is 0. The fourth-order valence-corrected chi connectivity index (χ4v) is 1.85. The van der Waals surface area contributed by atoms with Crippen LogP contribution in [0.2, 0.25) is 0 Å². The van der Waals surface area contributed by atoms with Crippen molar-refractivity contribution in [3.05, 3.63) is 35.5 Å². The van der Waals surface area contributed by atoms with Gasteiger partial charge in [-0.25, -0.2) is 4.79 Å². The van der Waals surface area contributed by atoms with Gasteiger partial charge in [0.05, 0.1) is 37.2 Å². The quantitative estimate of drug-likeness (QED) is 0.736. The van der Waals surface area contributed by atoms with Crippen molar-refractivity contribution in [1.82, 2.24) is 0 Å². The van der Waals surface area contributed by atoms with E-state index in [1.807, 2.05) is 6.07 Å². The molecule has 1 aromatic rings. The molecule has 0 aliphatic carbocycles. The van der Waals surface area contributed by atoms with E-state index in [9.17, 15) is 4.79 Å². The summed E-state index contributed by atoms with van der Waals surface area (Å²) in [6, 6.07) is 1.84. The van der Waals surface area contributed by atoms with E-state index >= 15 is 0 Å². The van der Waals surface area contributed by atoms with Crippen LogP contribution in [0, 0.1) is 0 Å². The molecule has 0 bridgehead atoms. The van der Waals surface area contributed by atoms with E-state index in [0.717, 1.165) is 5.56 Å². The third-order valence-electron chi connectivity index (χ3n) is 2.64. The molecule has 86 valence electrons. The molecule has 0 N–H and O–H groups in total. The van der Waals surface area contributed by atoms with E-state index in [2.05, 4.69) is 0 Å². The first-order valence-corrected chi connectivity index (χ1v) is 5.26. The number of carbonyl (C=O) groups is 1. The van der Waals surface area contributed by atoms with Crippen LogP contribution in [0.5, 0.6) is 0 Å². The van der Waals surface area contributed by atoms with Gasteiger partial charge in [0, 0.05) is 5.56 Å². The molecule has 1 unspecified atom stereocenters. The maximum absolute atomic E-state index is 11.8. The first-order valence-electron chi connectivity index (χ1n) is 5.26. The molecule has 0 aromatic carbocycles. The molecule has 0 radical (unpaired) electrons. The van der Waals surface area contributed by atoms with Crippen molar-refractivity contribution >= 4 is 5.97 Å². The van der Waals surface area contributed by atoms with Crippen LogP contribution in [0.1, 0.15) is 25.3 Å². The lowest BCUT2D eigenvalue weighted by atomic mass is 9.95. The fourth-order valence-electron chi connectivity index (χ4n) is 1.85. The molecule has 0 amide bonds. The van der Waals surface area contributed by atoms with Gasteiger partial charge in [-0.3, -0.25) is 0 Å². The molecule has 1 atom stereocenters. The standard InChI is InChI=1S/C12H14O4/c1-3-15-12(13)11-8(2)16-7-10(11)9-4-5-14-6-9/h4-6,10H,3,7H2,1-2H3. The van der Waals surface area contributed by atoms with Crippen molar-refractivity contribution in [2.75, 3.05) is 13.2 Å². The number of ether oxygens (including phenoxy) is 2. The minimum atomic E-state index is -0.302. The maximum Gasteiger partial charge on any atom is 0.338 e. The Bertz CT molecular complexity index is 403. The van der Waals surface area contributed by atoms with Crippen LogP contribution in [0.25, 0.3) is 0 Å². The zero-order valence-corrected chi connectivity index (χ0v) is 9.36. The normalized spacial score (nSPS) is 19.8. The summed E-state index contributed by atoms with van der Waals surface area (Å²) >= 11 is 0. The van der Waals surface area contributed by atoms with Crippen LogP contribution in [-0.4, -0.2) is 19.2 Å². The second-order valence-corrected chi connectivity index (χ2v) is 3.61. The highest BCUT2D eigenvalue weighted by molar-refractivity contribution is 5.91. The van der Waals surface area contributed by atoms with Gasteiger partial charge in [0.25, 0.3) is 0 Å². The Morgan fingerprint density at radius 1 is 1.62 bits per heavy atom. The SMILES string of the molecule is CCOC(=O)C1=C(C)OCC1c1ccoc1. The van der Waals surface area contributed by atoms with Crippen molar-refractivity contribution in [3.8, 4) is 0 Å². The number of rotatable bonds is 3. The molecule has 16 heavy (non-hydrogen) atoms. The maximum atomic E-state index is 11.8. The summed E-state index contributed by atoms with van der Waals surface area (Å²) in [6.07, 6.45) is 3.22. The van der Waals surface area contributed by atoms with E-state index in [1.165, 1.54) is 0 Å². The highest BCUT2D eigenvalue weighted by atomic mass is 16.5. The molecule has 0 saturated carbocycles. The van der Waals surface area contributed by atoms with E-state index in [1.54, 1.807) is 26.4 Å². The lowest BCUT2D eigenvalue weighted by molar-refractivity contribution is -0.138. The van der Waals surface area contributed by atoms with Gasteiger partial charge >= 0.3 is 5.97 Å². The number of carbonyl (C=O) groups excluding carboxylic acids is 1. The number of hydrogen-bond donors (Lipinski definition) is 0. The zero-order chi connectivity index (χ0) is 11.5. The fraction of sp³-hybridized carbons (Fsp3) is 0.417. The molecular formula is C12H14O4. The largest absolute Gasteiger partial charge is 0.497 e. The average Bonchev–Trinajstić information content (AvgIpc) is 2.86. The van der Waals surface area contributed by atoms with Gasteiger partial charge in [-0.05, 0) is 19.9 Å². The van der Waals surface area contributed by atoms with Gasteiger partial charge in [0.1, 0.15) is 5.76 Å². The highest BCUT2D eigenvalue weighted by Gasteiger charge is 2.33. The average molecular weight is 222 g/mol. The van der Waals surface area contributed by atoms with E-state index in [4.69, 9.17) is 13.9 Å². The molecule has 1 aromatic heterocycles. The molecule has 2 heterocycles. The van der Waals surface area contributed by atoms with Crippen molar-refractivity contribution in [2.24, 2.45) is 0 Å². The molecule has 0 spiro atoms. The van der Waals surface area contributed by atoms with Crippen molar-refractivity contribution in [3.63, 3.8) is 0 Å². The molecule has 2 rings (SSSR count). The van der Waals surface area contributed by atoms with E-state index in [0.29, 0.717) is 24.5 Å². The van der Waals surface area contributed by atoms with Crippen molar-refractivity contribution < 1.29 is 18.7 Å². The van der Waals surface area contributed by atoms with Crippen LogP contribution in [0.15, 0.2) is 34.3 Å². The van der Waals surface area contributed by atoms with Crippen molar-refractivity contribution in [2.45, 2.75) is 19.8 Å². The lowest BCUT2D eigenvalue weighted by Gasteiger charge is -2.09. The number of esters is 1. The lowest BCUT2D eigenvalue weighted by Crippen LogP contribution is -2.13. The number of furan rings is 1. The van der Waals surface area contributed by atoms with Gasteiger partial charge in [-0.15, -0.1) is 0 Å². The Balaban J connectivity index is 2.25. The van der Waals surface area contributed by atoms with Crippen LogP contribution < -0.4 is 0 Å². The molecule has 4 nitrogen and oxygen atoms in total. The predicted octanol–water partition coefficient (Wildman–Crippen LogP) is 2.23. The van der Waals surface area contributed by atoms with Crippen LogP contribution >= 0.6 is 0 Å². The topological polar surface area (TPSA) is 48.7 Å². The van der Waals surface area contributed by atoms with Gasteiger partial charge in [0.2, 0.25) is 0 Å². The van der Waals surface area contributed by atoms with Crippen molar-refractivity contribution in [1.29, 1.82) is 0 Å². The molecule has 1 aliphatic rings. The highest BCUT2D eigenvalue weighted by Crippen LogP contribution is 2.34. The summed E-state index contributed by atoms with van der Waals surface area (Å²) in [4.78, 5) is 11.8. The van der Waals surface area contributed by atoms with E-state index < -0.39 is 0 Å². The third kappa shape index (κ3) is 1.83.